The molecule has 3 amide bonds. The first-order chi connectivity index (χ1) is 13.9. The number of amides is 3. The lowest BCUT2D eigenvalue weighted by atomic mass is 10.0. The van der Waals surface area contributed by atoms with Crippen LogP contribution in [0.2, 0.25) is 0 Å². The molecule has 3 aromatic rings. The Bertz CT molecular complexity index is 1190. The first-order valence-corrected chi connectivity index (χ1v) is 9.57. The van der Waals surface area contributed by atoms with Gasteiger partial charge in [0.25, 0.3) is 5.91 Å². The van der Waals surface area contributed by atoms with E-state index in [0.717, 1.165) is 15.1 Å². The predicted octanol–water partition coefficient (Wildman–Crippen LogP) is 1.51. The third-order valence-electron chi connectivity index (χ3n) is 4.68. The minimum absolute atomic E-state index is 0.0458. The Hall–Kier alpha value is -3.48. The van der Waals surface area contributed by atoms with Crippen molar-refractivity contribution in [2.24, 2.45) is 5.73 Å². The molecule has 0 aliphatic carbocycles. The quantitative estimate of drug-likeness (QED) is 0.384. The summed E-state index contributed by atoms with van der Waals surface area (Å²) in [5.74, 6) is 5.82. The van der Waals surface area contributed by atoms with Gasteiger partial charge in [0.15, 0.2) is 5.88 Å². The smallest absolute Gasteiger partial charge is 0.323 e. The number of carbonyl (C=O) groups excluding carboxylic acids is 2. The fraction of sp³-hybridized carbons (Fsp3) is 0.200. The van der Waals surface area contributed by atoms with Crippen molar-refractivity contribution in [3.8, 4) is 23.5 Å². The Morgan fingerprint density at radius 1 is 1.31 bits per heavy atom. The number of nitrogens with two attached hydrogens (primary N) is 1. The molecule has 1 fully saturated rings. The van der Waals surface area contributed by atoms with Crippen LogP contribution in [0.15, 0.2) is 36.5 Å². The standard InChI is InChI=1S/C20H18N4O4S/c1-28-13-3-2-12-10-24(17(25)16(12)8-13)11-20(18(26)22-19(27)23-20)7-6-14-4-5-15(9-21)29-14/h2-5,8,10,25H,9,11,21H2,1H3,(H2,22,23,26,27)/t20-/m1/s1. The highest BCUT2D eigenvalue weighted by atomic mass is 32.1. The molecule has 0 unspecified atom stereocenters. The molecule has 9 heteroatoms. The zero-order valence-corrected chi connectivity index (χ0v) is 16.3. The average Bonchev–Trinajstić information content (AvgIpc) is 3.37. The van der Waals surface area contributed by atoms with Crippen molar-refractivity contribution in [3.05, 3.63) is 46.3 Å². The highest BCUT2D eigenvalue weighted by molar-refractivity contribution is 7.12. The van der Waals surface area contributed by atoms with Gasteiger partial charge in [-0.15, -0.1) is 11.3 Å². The van der Waals surface area contributed by atoms with Gasteiger partial charge in [-0.2, -0.15) is 0 Å². The van der Waals surface area contributed by atoms with Crippen LogP contribution < -0.4 is 21.1 Å². The topological polar surface area (TPSA) is 119 Å². The number of rotatable bonds is 4. The molecular weight excluding hydrogens is 392 g/mol. The van der Waals surface area contributed by atoms with Crippen LogP contribution in [-0.2, 0) is 17.9 Å². The van der Waals surface area contributed by atoms with Crippen molar-refractivity contribution < 1.29 is 19.4 Å². The number of nitrogens with zero attached hydrogens (tertiary/aromatic N) is 1. The van der Waals surface area contributed by atoms with Crippen molar-refractivity contribution in [1.82, 2.24) is 15.2 Å². The van der Waals surface area contributed by atoms with Gasteiger partial charge in [0.2, 0.25) is 5.54 Å². The second-order valence-corrected chi connectivity index (χ2v) is 7.74. The number of hydrogen-bond donors (Lipinski definition) is 4. The SMILES string of the molecule is COc1ccc2cn(C[C@@]3(C#Cc4ccc(CN)s4)NC(=O)NC3=O)c(O)c2c1. The van der Waals surface area contributed by atoms with E-state index in [1.807, 2.05) is 12.1 Å². The lowest BCUT2D eigenvalue weighted by Crippen LogP contribution is -2.49. The summed E-state index contributed by atoms with van der Waals surface area (Å²) < 4.78 is 6.69. The van der Waals surface area contributed by atoms with E-state index in [9.17, 15) is 14.7 Å². The van der Waals surface area contributed by atoms with Crippen LogP contribution in [0.1, 0.15) is 9.75 Å². The van der Waals surface area contributed by atoms with E-state index in [2.05, 4.69) is 22.5 Å². The number of nitrogens with one attached hydrogen (secondary N) is 2. The summed E-state index contributed by atoms with van der Waals surface area (Å²) in [5.41, 5.74) is 4.11. The van der Waals surface area contributed by atoms with Crippen molar-refractivity contribution in [2.75, 3.05) is 7.11 Å². The van der Waals surface area contributed by atoms with Gasteiger partial charge in [0.1, 0.15) is 5.75 Å². The molecule has 0 radical (unpaired) electrons. The molecule has 3 heterocycles. The highest BCUT2D eigenvalue weighted by Crippen LogP contribution is 2.32. The Morgan fingerprint density at radius 2 is 2.14 bits per heavy atom. The number of thiophene rings is 1. The average molecular weight is 410 g/mol. The molecule has 5 N–H and O–H groups in total. The monoisotopic (exact) mass is 410 g/mol. The number of aromatic nitrogens is 1. The molecule has 1 atom stereocenters. The van der Waals surface area contributed by atoms with Gasteiger partial charge in [0.05, 0.1) is 18.5 Å². The minimum Gasteiger partial charge on any atom is -0.497 e. The van der Waals surface area contributed by atoms with Crippen molar-refractivity contribution >= 4 is 34.0 Å². The van der Waals surface area contributed by atoms with E-state index in [1.54, 1.807) is 31.5 Å². The van der Waals surface area contributed by atoms with Crippen molar-refractivity contribution in [3.63, 3.8) is 0 Å². The van der Waals surface area contributed by atoms with E-state index in [0.29, 0.717) is 17.7 Å². The fourth-order valence-corrected chi connectivity index (χ4v) is 3.92. The molecule has 148 valence electrons. The van der Waals surface area contributed by atoms with Gasteiger partial charge in [0, 0.05) is 28.4 Å². The summed E-state index contributed by atoms with van der Waals surface area (Å²) in [6.07, 6.45) is 1.70. The zero-order valence-electron chi connectivity index (χ0n) is 15.5. The van der Waals surface area contributed by atoms with Gasteiger partial charge in [-0.3, -0.25) is 10.1 Å². The van der Waals surface area contributed by atoms with Crippen LogP contribution in [0.3, 0.4) is 0 Å². The summed E-state index contributed by atoms with van der Waals surface area (Å²) >= 11 is 1.42. The summed E-state index contributed by atoms with van der Waals surface area (Å²) in [5, 5.41) is 16.8. The maximum Gasteiger partial charge on any atom is 0.323 e. The Kier molecular flexibility index (Phi) is 4.66. The number of carbonyl (C=O) groups is 2. The molecule has 1 aliphatic rings. The number of methoxy groups -OCH3 is 1. The largest absolute Gasteiger partial charge is 0.497 e. The number of urea groups is 1. The number of hydrogen-bond acceptors (Lipinski definition) is 6. The molecule has 1 aliphatic heterocycles. The number of imide groups is 1. The number of fused-ring (bicyclic) bond motifs is 1. The van der Waals surface area contributed by atoms with E-state index in [4.69, 9.17) is 10.5 Å². The van der Waals surface area contributed by atoms with E-state index < -0.39 is 17.5 Å². The Balaban J connectivity index is 1.74. The molecule has 4 rings (SSSR count). The van der Waals surface area contributed by atoms with E-state index >= 15 is 0 Å². The van der Waals surface area contributed by atoms with Gasteiger partial charge in [-0.1, -0.05) is 11.8 Å². The van der Waals surface area contributed by atoms with Crippen molar-refractivity contribution in [1.29, 1.82) is 0 Å². The number of benzene rings is 1. The summed E-state index contributed by atoms with van der Waals surface area (Å²) in [6, 6.07) is 8.33. The van der Waals surface area contributed by atoms with Crippen LogP contribution in [-0.4, -0.2) is 34.3 Å². The molecule has 29 heavy (non-hydrogen) atoms. The molecule has 0 saturated carbocycles. The summed E-state index contributed by atoms with van der Waals surface area (Å²) in [7, 11) is 1.54. The molecular formula is C20H18N4O4S. The molecule has 8 nitrogen and oxygen atoms in total. The Morgan fingerprint density at radius 3 is 2.79 bits per heavy atom. The van der Waals surface area contributed by atoms with E-state index in [-0.39, 0.29) is 12.4 Å². The van der Waals surface area contributed by atoms with Crippen LogP contribution in [0.4, 0.5) is 4.79 Å². The van der Waals surface area contributed by atoms with Gasteiger partial charge in [-0.05, 0) is 30.3 Å². The third-order valence-corrected chi connectivity index (χ3v) is 5.70. The summed E-state index contributed by atoms with van der Waals surface area (Å²) in [6.45, 7) is 0.345. The Labute approximate surface area is 170 Å². The number of aromatic hydroxyl groups is 1. The molecule has 0 spiro atoms. The van der Waals surface area contributed by atoms with Gasteiger partial charge < -0.3 is 25.5 Å². The molecule has 1 saturated heterocycles. The van der Waals surface area contributed by atoms with Crippen LogP contribution in [0.5, 0.6) is 11.6 Å². The summed E-state index contributed by atoms with van der Waals surface area (Å²) in [4.78, 5) is 26.1. The predicted molar refractivity (Wildman–Crippen MR) is 109 cm³/mol. The minimum atomic E-state index is -1.51. The molecule has 2 aromatic heterocycles. The van der Waals surface area contributed by atoms with Gasteiger partial charge >= 0.3 is 6.03 Å². The lowest BCUT2D eigenvalue weighted by Gasteiger charge is -2.20. The normalized spacial score (nSPS) is 18.3. The lowest BCUT2D eigenvalue weighted by molar-refractivity contribution is -0.122. The highest BCUT2D eigenvalue weighted by Gasteiger charge is 2.46. The van der Waals surface area contributed by atoms with E-state index in [1.165, 1.54) is 15.9 Å². The maximum absolute atomic E-state index is 12.6. The van der Waals surface area contributed by atoms with Crippen LogP contribution >= 0.6 is 11.3 Å². The molecule has 0 bridgehead atoms. The second kappa shape index (κ2) is 7.16. The maximum atomic E-state index is 12.6. The number of ether oxygens (including phenoxy) is 1. The van der Waals surface area contributed by atoms with Gasteiger partial charge in [-0.25, -0.2) is 4.79 Å². The first-order valence-electron chi connectivity index (χ1n) is 8.75. The first kappa shape index (κ1) is 18.9. The van der Waals surface area contributed by atoms with Crippen LogP contribution in [0, 0.1) is 11.8 Å². The fourth-order valence-electron chi connectivity index (χ4n) is 3.18. The third kappa shape index (κ3) is 3.40. The van der Waals surface area contributed by atoms with Crippen molar-refractivity contribution in [2.45, 2.75) is 18.6 Å². The molecule has 1 aromatic carbocycles. The zero-order chi connectivity index (χ0) is 20.6. The van der Waals surface area contributed by atoms with Crippen LogP contribution in [0.25, 0.3) is 10.8 Å². The second-order valence-electron chi connectivity index (χ2n) is 6.57.